The average molecular weight is 492 g/mol. The Kier molecular flexibility index (Phi) is 8.03. The van der Waals surface area contributed by atoms with Gasteiger partial charge in [0.05, 0.1) is 11.6 Å². The van der Waals surface area contributed by atoms with Crippen LogP contribution in [-0.2, 0) is 6.54 Å². The minimum Gasteiger partial charge on any atom is -0.386 e. The molecule has 7 heteroatoms. The molecule has 0 aliphatic heterocycles. The van der Waals surface area contributed by atoms with Crippen LogP contribution >= 0.6 is 35.3 Å². The molecule has 0 fully saturated rings. The molecule has 2 aromatic carbocycles. The van der Waals surface area contributed by atoms with Gasteiger partial charge in [0.1, 0.15) is 6.10 Å². The highest BCUT2D eigenvalue weighted by Crippen LogP contribution is 2.29. The van der Waals surface area contributed by atoms with Gasteiger partial charge in [-0.2, -0.15) is 5.26 Å². The minimum absolute atomic E-state index is 0. The van der Waals surface area contributed by atoms with Crippen LogP contribution in [0.1, 0.15) is 22.1 Å². The fraction of sp³-hybridized carbons (Fsp3) is 0.200. The molecular formula is C20H21IN4OS. The zero-order valence-electron chi connectivity index (χ0n) is 14.8. The van der Waals surface area contributed by atoms with Gasteiger partial charge in [0.15, 0.2) is 5.96 Å². The second kappa shape index (κ2) is 10.3. The first-order valence-electron chi connectivity index (χ1n) is 8.29. The van der Waals surface area contributed by atoms with Crippen LogP contribution in [0.2, 0.25) is 0 Å². The van der Waals surface area contributed by atoms with Crippen molar-refractivity contribution in [2.75, 3.05) is 13.6 Å². The van der Waals surface area contributed by atoms with Gasteiger partial charge in [0, 0.05) is 29.7 Å². The quantitative estimate of drug-likeness (QED) is 0.288. The van der Waals surface area contributed by atoms with Gasteiger partial charge in [-0.1, -0.05) is 30.3 Å². The Bertz CT molecular complexity index is 914. The van der Waals surface area contributed by atoms with E-state index in [1.807, 2.05) is 36.4 Å². The van der Waals surface area contributed by atoms with Crippen molar-refractivity contribution in [3.63, 3.8) is 0 Å². The Labute approximate surface area is 179 Å². The smallest absolute Gasteiger partial charge is 0.191 e. The number of aliphatic hydroxyl groups is 1. The molecule has 0 aliphatic carbocycles. The number of rotatable bonds is 5. The molecule has 1 atom stereocenters. The molecular weight excluding hydrogens is 471 g/mol. The number of nitrogens with zero attached hydrogens (tertiary/aromatic N) is 2. The lowest BCUT2D eigenvalue weighted by molar-refractivity contribution is 0.184. The molecule has 1 heterocycles. The fourth-order valence-corrected chi connectivity index (χ4v) is 3.61. The van der Waals surface area contributed by atoms with Crippen molar-refractivity contribution < 1.29 is 5.11 Å². The lowest BCUT2D eigenvalue weighted by Gasteiger charge is -2.14. The Hall–Kier alpha value is -2.15. The lowest BCUT2D eigenvalue weighted by atomic mass is 10.1. The van der Waals surface area contributed by atoms with E-state index in [2.05, 4.69) is 27.8 Å². The summed E-state index contributed by atoms with van der Waals surface area (Å²) >= 11 is 1.60. The Morgan fingerprint density at radius 3 is 2.59 bits per heavy atom. The van der Waals surface area contributed by atoms with Crippen LogP contribution in [0.5, 0.6) is 0 Å². The Balaban J connectivity index is 0.00000261. The number of nitriles is 1. The van der Waals surface area contributed by atoms with Crippen molar-refractivity contribution in [3.8, 4) is 6.07 Å². The first-order valence-corrected chi connectivity index (χ1v) is 9.11. The molecule has 5 nitrogen and oxygen atoms in total. The van der Waals surface area contributed by atoms with Crippen molar-refractivity contribution in [2.45, 2.75) is 12.6 Å². The Morgan fingerprint density at radius 2 is 1.93 bits per heavy atom. The van der Waals surface area contributed by atoms with Crippen LogP contribution in [0.4, 0.5) is 0 Å². The van der Waals surface area contributed by atoms with Gasteiger partial charge in [0.2, 0.25) is 0 Å². The molecule has 0 saturated carbocycles. The largest absolute Gasteiger partial charge is 0.386 e. The molecule has 0 amide bonds. The maximum atomic E-state index is 10.4. The number of thiophene rings is 1. The van der Waals surface area contributed by atoms with E-state index < -0.39 is 6.10 Å². The summed E-state index contributed by atoms with van der Waals surface area (Å²) in [6, 6.07) is 19.6. The zero-order valence-corrected chi connectivity index (χ0v) is 18.0. The van der Waals surface area contributed by atoms with E-state index >= 15 is 0 Å². The zero-order chi connectivity index (χ0) is 18.4. The Morgan fingerprint density at radius 1 is 1.19 bits per heavy atom. The third kappa shape index (κ3) is 5.66. The molecule has 0 spiro atoms. The summed E-state index contributed by atoms with van der Waals surface area (Å²) in [5, 5.41) is 26.8. The number of aliphatic hydroxyl groups excluding tert-OH is 1. The first kappa shape index (κ1) is 21.2. The highest BCUT2D eigenvalue weighted by molar-refractivity contribution is 14.0. The molecule has 3 rings (SSSR count). The molecule has 140 valence electrons. The van der Waals surface area contributed by atoms with Gasteiger partial charge in [-0.25, -0.2) is 0 Å². The standard InChI is InChI=1S/C20H20N4OS.HI/c1-22-20(23-12-15-8-6-14(11-21)7-9-15)24-13-17(25)19-10-16-4-2-3-5-18(16)26-19;/h2-10,17,25H,12-13H2,1H3,(H2,22,23,24);1H. The molecule has 1 unspecified atom stereocenters. The molecule has 1 aromatic heterocycles. The summed E-state index contributed by atoms with van der Waals surface area (Å²) < 4.78 is 1.17. The number of guanidine groups is 1. The lowest BCUT2D eigenvalue weighted by Crippen LogP contribution is -2.38. The van der Waals surface area contributed by atoms with Crippen molar-refractivity contribution in [1.29, 1.82) is 5.26 Å². The summed E-state index contributed by atoms with van der Waals surface area (Å²) in [7, 11) is 1.69. The van der Waals surface area contributed by atoms with Gasteiger partial charge >= 0.3 is 0 Å². The van der Waals surface area contributed by atoms with E-state index in [0.29, 0.717) is 24.6 Å². The summed E-state index contributed by atoms with van der Waals surface area (Å²) in [6.45, 7) is 0.963. The molecule has 0 saturated heterocycles. The van der Waals surface area contributed by atoms with Crippen molar-refractivity contribution in [1.82, 2.24) is 10.6 Å². The third-order valence-electron chi connectivity index (χ3n) is 4.00. The van der Waals surface area contributed by atoms with Crippen LogP contribution in [0.3, 0.4) is 0 Å². The number of hydrogen-bond acceptors (Lipinski definition) is 4. The number of benzene rings is 2. The second-order valence-electron chi connectivity index (χ2n) is 5.82. The highest BCUT2D eigenvalue weighted by atomic mass is 127. The third-order valence-corrected chi connectivity index (χ3v) is 5.22. The predicted octanol–water partition coefficient (Wildman–Crippen LogP) is 3.79. The average Bonchev–Trinajstić information content (AvgIpc) is 3.12. The minimum atomic E-state index is -0.596. The number of aliphatic imine (C=N–C) groups is 1. The molecule has 3 N–H and O–H groups in total. The van der Waals surface area contributed by atoms with Crippen LogP contribution < -0.4 is 10.6 Å². The first-order chi connectivity index (χ1) is 12.7. The number of halogens is 1. The van der Waals surface area contributed by atoms with Crippen molar-refractivity contribution in [2.24, 2.45) is 4.99 Å². The van der Waals surface area contributed by atoms with Crippen molar-refractivity contribution >= 4 is 51.4 Å². The number of hydrogen-bond donors (Lipinski definition) is 3. The van der Waals surface area contributed by atoms with E-state index in [4.69, 9.17) is 5.26 Å². The highest BCUT2D eigenvalue weighted by Gasteiger charge is 2.12. The van der Waals surface area contributed by atoms with Crippen molar-refractivity contribution in [3.05, 3.63) is 70.6 Å². The summed E-state index contributed by atoms with van der Waals surface area (Å²) in [4.78, 5) is 5.11. The molecule has 0 aliphatic rings. The van der Waals surface area contributed by atoms with Gasteiger partial charge in [0.25, 0.3) is 0 Å². The molecule has 27 heavy (non-hydrogen) atoms. The molecule has 0 bridgehead atoms. The summed E-state index contributed by atoms with van der Waals surface area (Å²) in [5.41, 5.74) is 1.69. The van der Waals surface area contributed by atoms with Crippen LogP contribution in [0, 0.1) is 11.3 Å². The SMILES string of the molecule is CN=C(NCc1ccc(C#N)cc1)NCC(O)c1cc2ccccc2s1.I. The molecule has 0 radical (unpaired) electrons. The predicted molar refractivity (Wildman–Crippen MR) is 122 cm³/mol. The van der Waals surface area contributed by atoms with Gasteiger partial charge < -0.3 is 15.7 Å². The fourth-order valence-electron chi connectivity index (χ4n) is 2.56. The van der Waals surface area contributed by atoms with E-state index in [9.17, 15) is 5.11 Å². The second-order valence-corrected chi connectivity index (χ2v) is 6.93. The number of fused-ring (bicyclic) bond motifs is 1. The molecule has 3 aromatic rings. The normalized spacial score (nSPS) is 12.1. The topological polar surface area (TPSA) is 80.4 Å². The van der Waals surface area contributed by atoms with Gasteiger partial charge in [-0.15, -0.1) is 35.3 Å². The maximum Gasteiger partial charge on any atom is 0.191 e. The van der Waals surface area contributed by atoms with Gasteiger partial charge in [-0.3, -0.25) is 4.99 Å². The van der Waals surface area contributed by atoms with Crippen LogP contribution in [0.25, 0.3) is 10.1 Å². The van der Waals surface area contributed by atoms with Crippen LogP contribution in [0.15, 0.2) is 59.6 Å². The maximum absolute atomic E-state index is 10.4. The summed E-state index contributed by atoms with van der Waals surface area (Å²) in [6.07, 6.45) is -0.596. The summed E-state index contributed by atoms with van der Waals surface area (Å²) in [5.74, 6) is 0.620. The van der Waals surface area contributed by atoms with E-state index in [1.165, 1.54) is 4.70 Å². The van der Waals surface area contributed by atoms with Crippen LogP contribution in [-0.4, -0.2) is 24.7 Å². The van der Waals surface area contributed by atoms with E-state index in [-0.39, 0.29) is 24.0 Å². The van der Waals surface area contributed by atoms with Gasteiger partial charge in [-0.05, 0) is 35.2 Å². The monoisotopic (exact) mass is 492 g/mol. The van der Waals surface area contributed by atoms with E-state index in [0.717, 1.165) is 15.8 Å². The van der Waals surface area contributed by atoms with E-state index in [1.54, 1.807) is 30.5 Å². The number of nitrogens with one attached hydrogen (secondary N) is 2.